The molecule has 0 saturated heterocycles. The van der Waals surface area contributed by atoms with Crippen LogP contribution in [0.1, 0.15) is 229 Å². The van der Waals surface area contributed by atoms with Gasteiger partial charge in [-0.05, 0) is 192 Å². The van der Waals surface area contributed by atoms with Crippen LogP contribution >= 0.6 is 0 Å². The number of nitrogens with zero attached hydrogens (tertiary/aromatic N) is 2. The highest BCUT2D eigenvalue weighted by atomic mass is 15.1. The molecule has 0 amide bonds. The van der Waals surface area contributed by atoms with E-state index in [-0.39, 0.29) is 10.8 Å². The maximum absolute atomic E-state index is 2.77. The van der Waals surface area contributed by atoms with Gasteiger partial charge in [0.25, 0.3) is 0 Å². The van der Waals surface area contributed by atoms with Crippen molar-refractivity contribution in [2.24, 2.45) is 0 Å². The van der Waals surface area contributed by atoms with Gasteiger partial charge in [0.15, 0.2) is 0 Å². The van der Waals surface area contributed by atoms with Crippen LogP contribution < -0.4 is 4.90 Å². The standard InChI is InChI=1S/C83H102N2/c1-10-14-18-22-24-31-53-83(54-32-25-23-19-15-11-2)77-55-62(6)39-51-72(77)74-59-76-75-56-65(63-33-29-26-30-34-63)42-52-79(75)85(81(76)60-78(74)83)80-58-66(35-27-20-16-12-3)73(57-67(80)36-28-21-17-13-4)64-40-47-70(48-41-64)84(69-45-37-61(5)38-46-69)71-49-43-68(44-50-71)82(7,8)9/h26,29-30,33-34,37-52,55-60H,10-25,27-28,31-32,35-36,53-54H2,1-9H3. The first-order valence-corrected chi connectivity index (χ1v) is 34.0. The van der Waals surface area contributed by atoms with Crippen LogP contribution in [-0.4, -0.2) is 4.57 Å². The summed E-state index contributed by atoms with van der Waals surface area (Å²) in [5, 5.41) is 2.73. The molecular formula is C83H102N2. The SMILES string of the molecule is CCCCCCCCC1(CCCCCCCC)c2cc(C)ccc2-c2cc3c4cc(-c5ccccc5)ccc4n(-c4cc(CCCCCC)c(-c5ccc(N(c6ccc(C)cc6)c6ccc(C(C)(C)C)cc6)cc5)cc4CCCCCC)c3cc21. The number of benzene rings is 8. The number of unbranched alkanes of at least 4 members (excludes halogenated alkanes) is 16. The fraction of sp³-hybridized carbons (Fsp3) is 0.422. The minimum atomic E-state index is -0.0226. The molecule has 85 heavy (non-hydrogen) atoms. The van der Waals surface area contributed by atoms with E-state index in [2.05, 4.69) is 236 Å². The lowest BCUT2D eigenvalue weighted by Gasteiger charge is -2.33. The minimum absolute atomic E-state index is 0.0226. The highest BCUT2D eigenvalue weighted by molar-refractivity contribution is 6.13. The molecule has 1 aromatic heterocycles. The molecule has 2 heteroatoms. The van der Waals surface area contributed by atoms with Crippen LogP contribution in [0.15, 0.2) is 164 Å². The second-order valence-corrected chi connectivity index (χ2v) is 26.8. The maximum Gasteiger partial charge on any atom is 0.0544 e. The summed E-state index contributed by atoms with van der Waals surface area (Å²) in [5.41, 5.74) is 25.9. The Morgan fingerprint density at radius 2 is 0.882 bits per heavy atom. The largest absolute Gasteiger partial charge is 0.311 e. The van der Waals surface area contributed by atoms with Crippen molar-refractivity contribution in [1.82, 2.24) is 4.57 Å². The van der Waals surface area contributed by atoms with Gasteiger partial charge in [0.05, 0.1) is 11.0 Å². The van der Waals surface area contributed by atoms with E-state index in [1.54, 1.807) is 11.1 Å². The van der Waals surface area contributed by atoms with E-state index in [9.17, 15) is 0 Å². The summed E-state index contributed by atoms with van der Waals surface area (Å²) in [4.78, 5) is 2.43. The van der Waals surface area contributed by atoms with Crippen LogP contribution in [-0.2, 0) is 23.7 Å². The highest BCUT2D eigenvalue weighted by Gasteiger charge is 2.43. The number of rotatable bonds is 30. The lowest BCUT2D eigenvalue weighted by molar-refractivity contribution is 0.398. The number of fused-ring (bicyclic) bond motifs is 6. The molecule has 8 aromatic carbocycles. The van der Waals surface area contributed by atoms with Gasteiger partial charge in [-0.2, -0.15) is 0 Å². The number of hydrogen-bond acceptors (Lipinski definition) is 1. The predicted octanol–water partition coefficient (Wildman–Crippen LogP) is 25.5. The molecule has 1 aliphatic carbocycles. The molecule has 0 fully saturated rings. The quantitative estimate of drug-likeness (QED) is 0.0408. The topological polar surface area (TPSA) is 8.17 Å². The summed E-state index contributed by atoms with van der Waals surface area (Å²) in [7, 11) is 0. The molecule has 0 atom stereocenters. The van der Waals surface area contributed by atoms with Gasteiger partial charge in [-0.15, -0.1) is 0 Å². The third-order valence-electron chi connectivity index (χ3n) is 19.3. The third-order valence-corrected chi connectivity index (χ3v) is 19.3. The van der Waals surface area contributed by atoms with E-state index in [0.717, 1.165) is 12.8 Å². The van der Waals surface area contributed by atoms with Crippen molar-refractivity contribution >= 4 is 38.9 Å². The molecule has 0 N–H and O–H groups in total. The van der Waals surface area contributed by atoms with Gasteiger partial charge in [-0.25, -0.2) is 0 Å². The first kappa shape index (κ1) is 61.4. The Labute approximate surface area is 514 Å². The summed E-state index contributed by atoms with van der Waals surface area (Å²) in [6.07, 6.45) is 30.2. The lowest BCUT2D eigenvalue weighted by atomic mass is 9.70. The van der Waals surface area contributed by atoms with Crippen LogP contribution in [0.3, 0.4) is 0 Å². The Hall–Kier alpha value is -6.64. The molecular weight excluding hydrogens is 1020 g/mol. The van der Waals surface area contributed by atoms with Gasteiger partial charge in [-0.1, -0.05) is 266 Å². The van der Waals surface area contributed by atoms with Crippen molar-refractivity contribution in [3.8, 4) is 39.1 Å². The molecule has 0 aliphatic heterocycles. The van der Waals surface area contributed by atoms with E-state index in [0.29, 0.717) is 0 Å². The van der Waals surface area contributed by atoms with Crippen LogP contribution in [0.2, 0.25) is 0 Å². The fourth-order valence-electron chi connectivity index (χ4n) is 14.4. The highest BCUT2D eigenvalue weighted by Crippen LogP contribution is 2.56. The van der Waals surface area contributed by atoms with Crippen molar-refractivity contribution < 1.29 is 0 Å². The summed E-state index contributed by atoms with van der Waals surface area (Å²) >= 11 is 0. The van der Waals surface area contributed by atoms with Crippen molar-refractivity contribution in [2.45, 2.75) is 227 Å². The zero-order valence-electron chi connectivity index (χ0n) is 54.0. The first-order valence-electron chi connectivity index (χ1n) is 34.0. The zero-order chi connectivity index (χ0) is 59.3. The molecule has 1 aliphatic rings. The molecule has 0 spiro atoms. The molecule has 2 nitrogen and oxygen atoms in total. The minimum Gasteiger partial charge on any atom is -0.311 e. The third kappa shape index (κ3) is 14.0. The Morgan fingerprint density at radius 1 is 0.376 bits per heavy atom. The second kappa shape index (κ2) is 28.7. The number of aryl methyl sites for hydroxylation is 4. The molecule has 444 valence electrons. The van der Waals surface area contributed by atoms with Crippen LogP contribution in [0.5, 0.6) is 0 Å². The molecule has 0 unspecified atom stereocenters. The number of anilines is 3. The van der Waals surface area contributed by atoms with Crippen LogP contribution in [0, 0.1) is 13.8 Å². The average molecular weight is 1130 g/mol. The Balaban J connectivity index is 1.18. The Morgan fingerprint density at radius 3 is 1.48 bits per heavy atom. The summed E-state index contributed by atoms with van der Waals surface area (Å²) < 4.78 is 2.77. The van der Waals surface area contributed by atoms with Crippen molar-refractivity contribution in [2.75, 3.05) is 4.90 Å². The van der Waals surface area contributed by atoms with Gasteiger partial charge in [0.1, 0.15) is 0 Å². The first-order chi connectivity index (χ1) is 41.5. The maximum atomic E-state index is 2.77. The molecule has 0 bridgehead atoms. The number of hydrogen-bond donors (Lipinski definition) is 0. The van der Waals surface area contributed by atoms with Crippen molar-refractivity contribution in [3.05, 3.63) is 203 Å². The van der Waals surface area contributed by atoms with Crippen molar-refractivity contribution in [3.63, 3.8) is 0 Å². The van der Waals surface area contributed by atoms with Gasteiger partial charge >= 0.3 is 0 Å². The molecule has 1 heterocycles. The van der Waals surface area contributed by atoms with E-state index >= 15 is 0 Å². The van der Waals surface area contributed by atoms with Crippen molar-refractivity contribution in [1.29, 1.82) is 0 Å². The van der Waals surface area contributed by atoms with Gasteiger partial charge in [-0.3, -0.25) is 0 Å². The summed E-state index contributed by atoms with van der Waals surface area (Å²) in [6.45, 7) is 20.8. The lowest BCUT2D eigenvalue weighted by Crippen LogP contribution is -2.25. The Kier molecular flexibility index (Phi) is 20.7. The normalized spacial score (nSPS) is 12.8. The Bertz CT molecular complexity index is 3570. The average Bonchev–Trinajstić information content (AvgIpc) is 1.63. The molecule has 10 rings (SSSR count). The van der Waals surface area contributed by atoms with E-state index in [4.69, 9.17) is 0 Å². The molecule has 0 radical (unpaired) electrons. The monoisotopic (exact) mass is 1130 g/mol. The summed E-state index contributed by atoms with van der Waals surface area (Å²) in [6, 6.07) is 64.7. The zero-order valence-corrected chi connectivity index (χ0v) is 54.0. The summed E-state index contributed by atoms with van der Waals surface area (Å²) in [5.74, 6) is 0. The van der Waals surface area contributed by atoms with Gasteiger partial charge < -0.3 is 9.47 Å². The number of aromatic nitrogens is 1. The van der Waals surface area contributed by atoms with E-state index in [1.165, 1.54) is 247 Å². The molecule has 9 aromatic rings. The van der Waals surface area contributed by atoms with E-state index in [1.807, 2.05) is 0 Å². The van der Waals surface area contributed by atoms with Crippen LogP contribution in [0.4, 0.5) is 17.1 Å². The van der Waals surface area contributed by atoms with Gasteiger partial charge in [0, 0.05) is 38.9 Å². The van der Waals surface area contributed by atoms with Gasteiger partial charge in [0.2, 0.25) is 0 Å². The molecule has 0 saturated carbocycles. The van der Waals surface area contributed by atoms with Crippen LogP contribution in [0.25, 0.3) is 60.9 Å². The van der Waals surface area contributed by atoms with E-state index < -0.39 is 0 Å². The smallest absolute Gasteiger partial charge is 0.0544 e. The predicted molar refractivity (Wildman–Crippen MR) is 372 cm³/mol. The fourth-order valence-corrected chi connectivity index (χ4v) is 14.4. The second-order valence-electron chi connectivity index (χ2n) is 26.8.